The summed E-state index contributed by atoms with van der Waals surface area (Å²) < 4.78 is 0. The second-order valence-corrected chi connectivity index (χ2v) is 7.09. The Hall–Kier alpha value is -2.47. The number of carbonyl (C=O) groups is 2. The molecule has 0 saturated carbocycles. The van der Waals surface area contributed by atoms with Crippen molar-refractivity contribution in [2.75, 3.05) is 19.1 Å². The molecule has 138 valence electrons. The summed E-state index contributed by atoms with van der Waals surface area (Å²) in [5.41, 5.74) is 8.52. The fourth-order valence-electron chi connectivity index (χ4n) is 2.72. The Kier molecular flexibility index (Phi) is 7.53. The summed E-state index contributed by atoms with van der Waals surface area (Å²) in [6.07, 6.45) is 2.52. The van der Waals surface area contributed by atoms with Gasteiger partial charge in [0.25, 0.3) is 0 Å². The first kappa shape index (κ1) is 19.8. The lowest BCUT2D eigenvalue weighted by Crippen LogP contribution is -2.49. The highest BCUT2D eigenvalue weighted by Crippen LogP contribution is 2.19. The summed E-state index contributed by atoms with van der Waals surface area (Å²) in [4.78, 5) is 25.4. The monoisotopic (exact) mass is 371 g/mol. The molecule has 26 heavy (non-hydrogen) atoms. The van der Waals surface area contributed by atoms with Crippen LogP contribution in [0, 0.1) is 0 Å². The fraction of sp³-hybridized carbons (Fsp3) is 0.300. The Morgan fingerprint density at radius 3 is 2.27 bits per heavy atom. The predicted octanol–water partition coefficient (Wildman–Crippen LogP) is 3.10. The van der Waals surface area contributed by atoms with Crippen LogP contribution in [0.2, 0.25) is 0 Å². The van der Waals surface area contributed by atoms with Crippen LogP contribution >= 0.6 is 11.8 Å². The van der Waals surface area contributed by atoms with Gasteiger partial charge in [0.15, 0.2) is 0 Å². The summed E-state index contributed by atoms with van der Waals surface area (Å²) >= 11 is 1.63. The number of primary amides is 1. The molecule has 1 atom stereocenters. The molecule has 2 aromatic rings. The Labute approximate surface area is 159 Å². The van der Waals surface area contributed by atoms with Gasteiger partial charge in [-0.05, 0) is 35.1 Å². The molecule has 5 nitrogen and oxygen atoms in total. The summed E-state index contributed by atoms with van der Waals surface area (Å²) in [7, 11) is 1.74. The zero-order valence-corrected chi connectivity index (χ0v) is 16.0. The van der Waals surface area contributed by atoms with E-state index in [1.54, 1.807) is 23.7 Å². The number of hydrogen-bond acceptors (Lipinski definition) is 3. The number of hydrogen-bond donors (Lipinski definition) is 2. The lowest BCUT2D eigenvalue weighted by Gasteiger charge is -2.24. The van der Waals surface area contributed by atoms with Crippen LogP contribution in [0.15, 0.2) is 54.6 Å². The zero-order chi connectivity index (χ0) is 18.9. The fourth-order valence-corrected chi connectivity index (χ4v) is 3.19. The van der Waals surface area contributed by atoms with Gasteiger partial charge in [0, 0.05) is 13.6 Å². The van der Waals surface area contributed by atoms with E-state index in [9.17, 15) is 9.59 Å². The maximum absolute atomic E-state index is 12.6. The van der Waals surface area contributed by atoms with Crippen molar-refractivity contribution in [1.29, 1.82) is 0 Å². The molecule has 0 radical (unpaired) electrons. The van der Waals surface area contributed by atoms with Gasteiger partial charge in [-0.1, -0.05) is 54.6 Å². The first-order chi connectivity index (χ1) is 12.5. The molecule has 2 rings (SSSR count). The molecule has 0 saturated heterocycles. The molecule has 0 bridgehead atoms. The van der Waals surface area contributed by atoms with Crippen LogP contribution in [0.5, 0.6) is 0 Å². The van der Waals surface area contributed by atoms with Gasteiger partial charge < -0.3 is 16.0 Å². The normalized spacial score (nSPS) is 11.6. The van der Waals surface area contributed by atoms with E-state index < -0.39 is 12.1 Å². The molecule has 0 fully saturated rings. The van der Waals surface area contributed by atoms with Crippen LogP contribution in [-0.4, -0.2) is 41.9 Å². The van der Waals surface area contributed by atoms with Crippen LogP contribution in [-0.2, 0) is 11.3 Å². The first-order valence-corrected chi connectivity index (χ1v) is 9.85. The number of urea groups is 1. The van der Waals surface area contributed by atoms with Gasteiger partial charge in [0.2, 0.25) is 5.91 Å². The number of carbonyl (C=O) groups excluding carboxylic acids is 2. The van der Waals surface area contributed by atoms with Crippen LogP contribution in [0.1, 0.15) is 12.0 Å². The minimum atomic E-state index is -0.676. The van der Waals surface area contributed by atoms with E-state index in [1.807, 2.05) is 36.6 Å². The molecular formula is C20H25N3O2S. The standard InChI is InChI=1S/C20H25N3O2S/c1-23(19(24)18(12-13-26-2)22-20(21)25)14-15-8-10-17(11-9-15)16-6-4-3-5-7-16/h3-11,18H,12-14H2,1-2H3,(H3,21,22,25). The molecule has 0 heterocycles. The second kappa shape index (κ2) is 9.87. The van der Waals surface area contributed by atoms with Crippen molar-refractivity contribution in [2.45, 2.75) is 19.0 Å². The molecule has 2 aromatic carbocycles. The topological polar surface area (TPSA) is 75.4 Å². The Morgan fingerprint density at radius 2 is 1.69 bits per heavy atom. The van der Waals surface area contributed by atoms with Crippen LogP contribution in [0.4, 0.5) is 4.79 Å². The minimum Gasteiger partial charge on any atom is -0.352 e. The van der Waals surface area contributed by atoms with Crippen molar-refractivity contribution in [1.82, 2.24) is 10.2 Å². The van der Waals surface area contributed by atoms with Gasteiger partial charge in [0.05, 0.1) is 0 Å². The van der Waals surface area contributed by atoms with Crippen LogP contribution in [0.3, 0.4) is 0 Å². The highest BCUT2D eigenvalue weighted by molar-refractivity contribution is 7.98. The molecule has 0 aliphatic heterocycles. The molecule has 0 aliphatic carbocycles. The highest BCUT2D eigenvalue weighted by atomic mass is 32.2. The average Bonchev–Trinajstić information content (AvgIpc) is 2.65. The maximum Gasteiger partial charge on any atom is 0.312 e. The molecule has 0 aromatic heterocycles. The number of nitrogens with one attached hydrogen (secondary N) is 1. The van der Waals surface area contributed by atoms with E-state index in [0.29, 0.717) is 13.0 Å². The molecular weight excluding hydrogens is 346 g/mol. The molecule has 0 spiro atoms. The number of nitrogens with zero attached hydrogens (tertiary/aromatic N) is 1. The van der Waals surface area contributed by atoms with Crippen molar-refractivity contribution in [3.05, 3.63) is 60.2 Å². The predicted molar refractivity (Wildman–Crippen MR) is 108 cm³/mol. The van der Waals surface area contributed by atoms with Gasteiger partial charge in [0.1, 0.15) is 6.04 Å². The van der Waals surface area contributed by atoms with E-state index in [0.717, 1.165) is 22.4 Å². The molecule has 0 aliphatic rings. The van der Waals surface area contributed by atoms with Crippen molar-refractivity contribution in [3.63, 3.8) is 0 Å². The smallest absolute Gasteiger partial charge is 0.312 e. The number of nitrogens with two attached hydrogens (primary N) is 1. The van der Waals surface area contributed by atoms with Crippen molar-refractivity contribution < 1.29 is 9.59 Å². The van der Waals surface area contributed by atoms with Crippen LogP contribution in [0.25, 0.3) is 11.1 Å². The van der Waals surface area contributed by atoms with Gasteiger partial charge in [-0.2, -0.15) is 11.8 Å². The third kappa shape index (κ3) is 5.81. The number of likely N-dealkylation sites (N-methyl/N-ethyl adjacent to an activating group) is 1. The second-order valence-electron chi connectivity index (χ2n) is 6.10. The molecule has 1 unspecified atom stereocenters. The number of amides is 3. The minimum absolute atomic E-state index is 0.134. The van der Waals surface area contributed by atoms with E-state index in [4.69, 9.17) is 5.73 Å². The summed E-state index contributed by atoms with van der Waals surface area (Å²) in [5, 5.41) is 2.55. The third-order valence-electron chi connectivity index (χ3n) is 4.08. The number of thioether (sulfide) groups is 1. The van der Waals surface area contributed by atoms with E-state index in [1.165, 1.54) is 0 Å². The van der Waals surface area contributed by atoms with E-state index >= 15 is 0 Å². The molecule has 3 amide bonds. The number of rotatable bonds is 8. The first-order valence-electron chi connectivity index (χ1n) is 8.45. The Morgan fingerprint density at radius 1 is 1.08 bits per heavy atom. The summed E-state index contributed by atoms with van der Waals surface area (Å²) in [6.45, 7) is 0.476. The Bertz CT molecular complexity index is 720. The van der Waals surface area contributed by atoms with Crippen molar-refractivity contribution >= 4 is 23.7 Å². The van der Waals surface area contributed by atoms with Gasteiger partial charge >= 0.3 is 6.03 Å². The lowest BCUT2D eigenvalue weighted by atomic mass is 10.0. The highest BCUT2D eigenvalue weighted by Gasteiger charge is 2.22. The maximum atomic E-state index is 12.6. The van der Waals surface area contributed by atoms with Gasteiger partial charge in [-0.15, -0.1) is 0 Å². The number of benzene rings is 2. The third-order valence-corrected chi connectivity index (χ3v) is 4.73. The van der Waals surface area contributed by atoms with Gasteiger partial charge in [-0.25, -0.2) is 4.79 Å². The quantitative estimate of drug-likeness (QED) is 0.749. The summed E-state index contributed by atoms with van der Waals surface area (Å²) in [5.74, 6) is 0.640. The average molecular weight is 372 g/mol. The molecule has 3 N–H and O–H groups in total. The van der Waals surface area contributed by atoms with Gasteiger partial charge in [-0.3, -0.25) is 4.79 Å². The van der Waals surface area contributed by atoms with Crippen LogP contribution < -0.4 is 11.1 Å². The zero-order valence-electron chi connectivity index (χ0n) is 15.1. The largest absolute Gasteiger partial charge is 0.352 e. The van der Waals surface area contributed by atoms with Crippen molar-refractivity contribution in [3.8, 4) is 11.1 Å². The van der Waals surface area contributed by atoms with E-state index in [-0.39, 0.29) is 5.91 Å². The lowest BCUT2D eigenvalue weighted by molar-refractivity contribution is -0.132. The Balaban J connectivity index is 2.01. The summed E-state index contributed by atoms with van der Waals surface area (Å²) in [6, 6.07) is 17.0. The molecule has 6 heteroatoms. The SMILES string of the molecule is CSCCC(NC(N)=O)C(=O)N(C)Cc1ccc(-c2ccccc2)cc1. The van der Waals surface area contributed by atoms with Crippen molar-refractivity contribution in [2.24, 2.45) is 5.73 Å². The van der Waals surface area contributed by atoms with E-state index in [2.05, 4.69) is 29.6 Å².